The summed E-state index contributed by atoms with van der Waals surface area (Å²) in [6.07, 6.45) is 7.35. The third-order valence-corrected chi connectivity index (χ3v) is 4.46. The van der Waals surface area contributed by atoms with Crippen LogP contribution < -0.4 is 0 Å². The molecule has 0 radical (unpaired) electrons. The quantitative estimate of drug-likeness (QED) is 0.627. The van der Waals surface area contributed by atoms with E-state index >= 15 is 0 Å². The zero-order valence-corrected chi connectivity index (χ0v) is 13.4. The Balaban J connectivity index is 2.95. The Morgan fingerprint density at radius 2 is 1.50 bits per heavy atom. The van der Waals surface area contributed by atoms with E-state index in [0.29, 0.717) is 5.92 Å². The molecule has 0 saturated carbocycles. The maximum atomic E-state index is 9.72. The molecule has 2 heteroatoms. The van der Waals surface area contributed by atoms with Gasteiger partial charge in [0.05, 0.1) is 0 Å². The Bertz CT molecular complexity index is 390. The third-order valence-electron chi connectivity index (χ3n) is 4.46. The lowest BCUT2D eigenvalue weighted by molar-refractivity contribution is 0.268. The first-order valence-electron chi connectivity index (χ1n) is 7.95. The highest BCUT2D eigenvalue weighted by atomic mass is 16.3. The number of phenolic OH excluding ortho intramolecular Hbond substituents is 2. The second-order valence-electron chi connectivity index (χ2n) is 6.44. The Labute approximate surface area is 123 Å². The normalized spacial score (nSPS) is 13.4. The Morgan fingerprint density at radius 1 is 0.900 bits per heavy atom. The fourth-order valence-corrected chi connectivity index (χ4v) is 3.06. The number of phenols is 2. The summed E-state index contributed by atoms with van der Waals surface area (Å²) in [6, 6.07) is 4.98. The van der Waals surface area contributed by atoms with Gasteiger partial charge in [-0.15, -0.1) is 0 Å². The first kappa shape index (κ1) is 16.9. The molecule has 0 aliphatic carbocycles. The molecule has 1 atom stereocenters. The molecule has 0 aliphatic heterocycles. The van der Waals surface area contributed by atoms with E-state index < -0.39 is 0 Å². The molecule has 114 valence electrons. The molecule has 2 nitrogen and oxygen atoms in total. The molecule has 0 amide bonds. The van der Waals surface area contributed by atoms with E-state index in [-0.39, 0.29) is 16.9 Å². The summed E-state index contributed by atoms with van der Waals surface area (Å²) in [5.74, 6) is 0.883. The van der Waals surface area contributed by atoms with E-state index in [1.165, 1.54) is 44.6 Å². The minimum atomic E-state index is -0.0278. The Kier molecular flexibility index (Phi) is 6.38. The lowest BCUT2D eigenvalue weighted by atomic mass is 9.69. The van der Waals surface area contributed by atoms with Crippen LogP contribution in [-0.2, 0) is 5.41 Å². The summed E-state index contributed by atoms with van der Waals surface area (Å²) >= 11 is 0. The van der Waals surface area contributed by atoms with Crippen LogP contribution in [0.3, 0.4) is 0 Å². The molecule has 0 aromatic heterocycles. The molecular formula is C18H30O2. The lowest BCUT2D eigenvalue weighted by Gasteiger charge is -2.35. The van der Waals surface area contributed by atoms with Gasteiger partial charge in [0.1, 0.15) is 11.5 Å². The van der Waals surface area contributed by atoms with Gasteiger partial charge in [-0.25, -0.2) is 0 Å². The molecular weight excluding hydrogens is 248 g/mol. The predicted molar refractivity (Wildman–Crippen MR) is 85.3 cm³/mol. The largest absolute Gasteiger partial charge is 0.508 e. The highest BCUT2D eigenvalue weighted by molar-refractivity contribution is 5.40. The van der Waals surface area contributed by atoms with Gasteiger partial charge in [-0.1, -0.05) is 53.4 Å². The van der Waals surface area contributed by atoms with Gasteiger partial charge in [0.15, 0.2) is 0 Å². The van der Waals surface area contributed by atoms with Crippen LogP contribution in [0.1, 0.15) is 71.8 Å². The average molecular weight is 278 g/mol. The molecule has 2 N–H and O–H groups in total. The third kappa shape index (κ3) is 4.43. The van der Waals surface area contributed by atoms with Gasteiger partial charge >= 0.3 is 0 Å². The van der Waals surface area contributed by atoms with Crippen molar-refractivity contribution in [3.05, 3.63) is 23.8 Å². The van der Waals surface area contributed by atoms with Gasteiger partial charge < -0.3 is 10.2 Å². The van der Waals surface area contributed by atoms with Gasteiger partial charge in [-0.3, -0.25) is 0 Å². The van der Waals surface area contributed by atoms with Gasteiger partial charge in [0.25, 0.3) is 0 Å². The minimum absolute atomic E-state index is 0.0278. The van der Waals surface area contributed by atoms with Crippen molar-refractivity contribution in [2.24, 2.45) is 5.92 Å². The van der Waals surface area contributed by atoms with Gasteiger partial charge in [-0.2, -0.15) is 0 Å². The van der Waals surface area contributed by atoms with E-state index in [1.807, 2.05) is 0 Å². The fourth-order valence-electron chi connectivity index (χ4n) is 3.06. The molecule has 0 aliphatic rings. The minimum Gasteiger partial charge on any atom is -0.508 e. The van der Waals surface area contributed by atoms with Crippen LogP contribution in [0, 0.1) is 5.92 Å². The van der Waals surface area contributed by atoms with Crippen molar-refractivity contribution < 1.29 is 10.2 Å². The van der Waals surface area contributed by atoms with E-state index in [9.17, 15) is 10.2 Å². The average Bonchev–Trinajstić information content (AvgIpc) is 2.36. The van der Waals surface area contributed by atoms with Crippen LogP contribution in [-0.4, -0.2) is 10.2 Å². The van der Waals surface area contributed by atoms with Gasteiger partial charge in [0, 0.05) is 6.07 Å². The summed E-state index contributed by atoms with van der Waals surface area (Å²) in [7, 11) is 0. The molecule has 1 unspecified atom stereocenters. The van der Waals surface area contributed by atoms with E-state index in [4.69, 9.17) is 0 Å². The summed E-state index contributed by atoms with van der Waals surface area (Å²) in [4.78, 5) is 0. The maximum absolute atomic E-state index is 9.72. The van der Waals surface area contributed by atoms with Gasteiger partial charge in [-0.05, 0) is 41.9 Å². The highest BCUT2D eigenvalue weighted by Gasteiger charge is 2.30. The van der Waals surface area contributed by atoms with Crippen LogP contribution in [0.4, 0.5) is 0 Å². The molecule has 0 saturated heterocycles. The number of hydrogen-bond acceptors (Lipinski definition) is 2. The van der Waals surface area contributed by atoms with Crippen LogP contribution in [0.2, 0.25) is 0 Å². The first-order valence-corrected chi connectivity index (χ1v) is 7.95. The molecule has 0 fully saturated rings. The molecule has 1 rings (SSSR count). The monoisotopic (exact) mass is 278 g/mol. The number of hydrogen-bond donors (Lipinski definition) is 2. The number of aromatic hydroxyl groups is 2. The predicted octanol–water partition coefficient (Wildman–Crippen LogP) is 5.37. The fraction of sp³-hybridized carbons (Fsp3) is 0.667. The lowest BCUT2D eigenvalue weighted by Crippen LogP contribution is -2.28. The van der Waals surface area contributed by atoms with Gasteiger partial charge in [0.2, 0.25) is 0 Å². The van der Waals surface area contributed by atoms with E-state index in [0.717, 1.165) is 5.56 Å². The SMILES string of the molecule is CCCCCC(CCC)C(C)(C)c1cc(O)cc(O)c1. The molecule has 0 heterocycles. The standard InChI is InChI=1S/C18H30O2/c1-5-7-8-10-14(9-6-2)18(3,4)15-11-16(19)13-17(20)12-15/h11-14,19-20H,5-10H2,1-4H3. The van der Waals surface area contributed by atoms with Crippen molar-refractivity contribution in [3.8, 4) is 11.5 Å². The summed E-state index contributed by atoms with van der Waals surface area (Å²) in [5, 5.41) is 19.4. The number of unbranched alkanes of at least 4 members (excludes halogenated alkanes) is 2. The molecule has 1 aromatic carbocycles. The zero-order chi connectivity index (χ0) is 15.2. The van der Waals surface area contributed by atoms with Crippen LogP contribution in [0.15, 0.2) is 18.2 Å². The van der Waals surface area contributed by atoms with Crippen LogP contribution >= 0.6 is 0 Å². The number of benzene rings is 1. The second kappa shape index (κ2) is 7.56. The van der Waals surface area contributed by atoms with E-state index in [2.05, 4.69) is 27.7 Å². The Hall–Kier alpha value is -1.18. The summed E-state index contributed by atoms with van der Waals surface area (Å²) in [5.41, 5.74) is 1.00. The van der Waals surface area contributed by atoms with Crippen LogP contribution in [0.25, 0.3) is 0 Å². The highest BCUT2D eigenvalue weighted by Crippen LogP contribution is 2.40. The molecule has 0 spiro atoms. The smallest absolute Gasteiger partial charge is 0.119 e. The van der Waals surface area contributed by atoms with Crippen molar-refractivity contribution in [2.75, 3.05) is 0 Å². The maximum Gasteiger partial charge on any atom is 0.119 e. The first-order chi connectivity index (χ1) is 9.41. The number of rotatable bonds is 8. The summed E-state index contributed by atoms with van der Waals surface area (Å²) < 4.78 is 0. The van der Waals surface area contributed by atoms with Crippen molar-refractivity contribution in [1.29, 1.82) is 0 Å². The van der Waals surface area contributed by atoms with Crippen molar-refractivity contribution in [2.45, 2.75) is 71.6 Å². The van der Waals surface area contributed by atoms with Crippen molar-refractivity contribution >= 4 is 0 Å². The second-order valence-corrected chi connectivity index (χ2v) is 6.44. The van der Waals surface area contributed by atoms with E-state index in [1.54, 1.807) is 12.1 Å². The zero-order valence-electron chi connectivity index (χ0n) is 13.4. The summed E-state index contributed by atoms with van der Waals surface area (Å²) in [6.45, 7) is 8.91. The molecule has 0 bridgehead atoms. The molecule has 1 aromatic rings. The topological polar surface area (TPSA) is 40.5 Å². The van der Waals surface area contributed by atoms with Crippen LogP contribution in [0.5, 0.6) is 11.5 Å². The molecule has 20 heavy (non-hydrogen) atoms. The van der Waals surface area contributed by atoms with Crippen molar-refractivity contribution in [1.82, 2.24) is 0 Å². The Morgan fingerprint density at radius 3 is 2.00 bits per heavy atom. The van der Waals surface area contributed by atoms with Crippen molar-refractivity contribution in [3.63, 3.8) is 0 Å².